The molecule has 51 heavy (non-hydrogen) atoms. The van der Waals surface area contributed by atoms with Crippen LogP contribution in [-0.2, 0) is 29.9 Å². The number of amides is 3. The smallest absolute Gasteiger partial charge is 0.287 e. The largest absolute Gasteiger partial charge is 0.377 e. The van der Waals surface area contributed by atoms with E-state index in [0.717, 1.165) is 55.0 Å². The highest BCUT2D eigenvalue weighted by molar-refractivity contribution is 6.04. The van der Waals surface area contributed by atoms with Gasteiger partial charge in [-0.2, -0.15) is 5.10 Å². The lowest BCUT2D eigenvalue weighted by Gasteiger charge is -2.52. The topological polar surface area (TPSA) is 139 Å². The first kappa shape index (κ1) is 34.5. The number of anilines is 1. The SMILES string of the molecule is Cc1c(C(=O)Nc2ccc(CNC(=O)c3ncc4n3CCN(Cc3c(F)cc(C(=O)N(C)C)cc3F)C43COC3)cc2)cnn1C1CCNCC1. The molecule has 7 rings (SSSR count). The molecule has 5 heterocycles. The van der Waals surface area contributed by atoms with Crippen molar-refractivity contribution in [2.75, 3.05) is 52.3 Å². The molecule has 4 aromatic rings. The average Bonchev–Trinajstić information content (AvgIpc) is 3.72. The van der Waals surface area contributed by atoms with E-state index in [1.165, 1.54) is 19.0 Å². The summed E-state index contributed by atoms with van der Waals surface area (Å²) in [6, 6.07) is 9.67. The van der Waals surface area contributed by atoms with Gasteiger partial charge in [0.25, 0.3) is 17.7 Å². The molecule has 1 spiro atoms. The maximum absolute atomic E-state index is 15.2. The molecule has 268 valence electrons. The van der Waals surface area contributed by atoms with Gasteiger partial charge in [0.15, 0.2) is 5.82 Å². The third kappa shape index (κ3) is 6.52. The molecule has 15 heteroatoms. The molecule has 2 saturated heterocycles. The summed E-state index contributed by atoms with van der Waals surface area (Å²) in [5.74, 6) is -2.42. The molecule has 0 bridgehead atoms. The fourth-order valence-electron chi connectivity index (χ4n) is 7.17. The number of hydrogen-bond acceptors (Lipinski definition) is 8. The predicted molar refractivity (Wildman–Crippen MR) is 183 cm³/mol. The van der Waals surface area contributed by atoms with Crippen molar-refractivity contribution >= 4 is 23.4 Å². The predicted octanol–water partition coefficient (Wildman–Crippen LogP) is 3.22. The van der Waals surface area contributed by atoms with Gasteiger partial charge in [-0.25, -0.2) is 13.8 Å². The molecular weight excluding hydrogens is 660 g/mol. The number of benzene rings is 2. The summed E-state index contributed by atoms with van der Waals surface area (Å²) in [5, 5.41) is 13.7. The third-order valence-electron chi connectivity index (χ3n) is 10.2. The number of nitrogens with one attached hydrogen (secondary N) is 3. The van der Waals surface area contributed by atoms with E-state index in [2.05, 4.69) is 26.0 Å². The first-order valence-corrected chi connectivity index (χ1v) is 17.1. The lowest BCUT2D eigenvalue weighted by Crippen LogP contribution is -2.63. The van der Waals surface area contributed by atoms with E-state index < -0.39 is 23.1 Å². The Hall–Kier alpha value is -4.99. The van der Waals surface area contributed by atoms with Crippen molar-refractivity contribution in [1.29, 1.82) is 0 Å². The number of carbonyl (C=O) groups excluding carboxylic acids is 3. The molecule has 0 saturated carbocycles. The van der Waals surface area contributed by atoms with Gasteiger partial charge in [-0.3, -0.25) is 24.0 Å². The Kier molecular flexibility index (Phi) is 9.44. The van der Waals surface area contributed by atoms with Gasteiger partial charge in [-0.1, -0.05) is 12.1 Å². The number of nitrogens with zero attached hydrogens (tertiary/aromatic N) is 6. The highest BCUT2D eigenvalue weighted by atomic mass is 19.1. The monoisotopic (exact) mass is 701 g/mol. The summed E-state index contributed by atoms with van der Waals surface area (Å²) in [5.41, 5.74) is 2.69. The minimum Gasteiger partial charge on any atom is -0.377 e. The van der Waals surface area contributed by atoms with Gasteiger partial charge >= 0.3 is 0 Å². The fraction of sp³-hybridized carbons (Fsp3) is 0.417. The molecule has 2 aromatic carbocycles. The minimum atomic E-state index is -0.791. The Bertz CT molecular complexity index is 1940. The lowest BCUT2D eigenvalue weighted by molar-refractivity contribution is -0.163. The second-order valence-electron chi connectivity index (χ2n) is 13.6. The van der Waals surface area contributed by atoms with Crippen molar-refractivity contribution in [2.45, 2.75) is 51.0 Å². The molecule has 3 amide bonds. The van der Waals surface area contributed by atoms with Crippen molar-refractivity contribution < 1.29 is 27.9 Å². The maximum atomic E-state index is 15.2. The summed E-state index contributed by atoms with van der Waals surface area (Å²) in [4.78, 5) is 46.3. The second-order valence-corrected chi connectivity index (χ2v) is 13.6. The Balaban J connectivity index is 0.978. The van der Waals surface area contributed by atoms with Gasteiger partial charge in [0, 0.05) is 62.8 Å². The van der Waals surface area contributed by atoms with Crippen LogP contribution in [0.25, 0.3) is 0 Å². The Morgan fingerprint density at radius 3 is 2.37 bits per heavy atom. The molecule has 0 aliphatic carbocycles. The number of aromatic nitrogens is 4. The van der Waals surface area contributed by atoms with Gasteiger partial charge < -0.3 is 30.2 Å². The molecule has 0 radical (unpaired) electrons. The third-order valence-corrected chi connectivity index (χ3v) is 10.2. The number of halogens is 2. The number of imidazole rings is 1. The minimum absolute atomic E-state index is 0.0394. The standard InChI is InChI=1S/C36H41F2N9O4/c1-22-27(17-42-47(22)26-8-10-39-11-9-26)33(48)43-25-6-4-23(5-7-25)16-41-34(49)32-40-18-31-36(20-51-21-36)45(12-13-46(31)32)19-28-29(37)14-24(15-30(28)38)35(50)44(2)3/h4-7,14-15,17-18,26,39H,8-13,16,19-21H2,1-3H3,(H,41,49)(H,43,48). The molecule has 13 nitrogen and oxygen atoms in total. The van der Waals surface area contributed by atoms with Crippen LogP contribution in [-0.4, -0.2) is 93.8 Å². The van der Waals surface area contributed by atoms with Crippen LogP contribution in [0.4, 0.5) is 14.5 Å². The number of hydrogen-bond donors (Lipinski definition) is 3. The van der Waals surface area contributed by atoms with Crippen LogP contribution in [0.1, 0.15) is 72.7 Å². The van der Waals surface area contributed by atoms with E-state index in [9.17, 15) is 14.4 Å². The highest BCUT2D eigenvalue weighted by Crippen LogP contribution is 2.40. The highest BCUT2D eigenvalue weighted by Gasteiger charge is 2.51. The van der Waals surface area contributed by atoms with Crippen LogP contribution >= 0.6 is 0 Å². The van der Waals surface area contributed by atoms with Crippen LogP contribution in [0.5, 0.6) is 0 Å². The molecule has 0 atom stereocenters. The fourth-order valence-corrected chi connectivity index (χ4v) is 7.17. The second kappa shape index (κ2) is 14.0. The van der Waals surface area contributed by atoms with Crippen molar-refractivity contribution in [3.8, 4) is 0 Å². The van der Waals surface area contributed by atoms with E-state index in [0.29, 0.717) is 24.3 Å². The Labute approximate surface area is 293 Å². The molecule has 3 N–H and O–H groups in total. The first-order chi connectivity index (χ1) is 24.6. The van der Waals surface area contributed by atoms with Crippen LogP contribution < -0.4 is 16.0 Å². The van der Waals surface area contributed by atoms with E-state index in [1.807, 2.05) is 33.2 Å². The van der Waals surface area contributed by atoms with Crippen molar-refractivity contribution in [1.82, 2.24) is 39.8 Å². The average molecular weight is 702 g/mol. The van der Waals surface area contributed by atoms with Crippen molar-refractivity contribution in [3.63, 3.8) is 0 Å². The first-order valence-electron chi connectivity index (χ1n) is 17.1. The number of carbonyl (C=O) groups is 3. The van der Waals surface area contributed by atoms with Crippen LogP contribution in [0.15, 0.2) is 48.8 Å². The molecule has 3 aliphatic heterocycles. The number of fused-ring (bicyclic) bond motifs is 2. The maximum Gasteiger partial charge on any atom is 0.287 e. The van der Waals surface area contributed by atoms with E-state index >= 15 is 8.78 Å². The summed E-state index contributed by atoms with van der Waals surface area (Å²) < 4.78 is 39.7. The zero-order valence-electron chi connectivity index (χ0n) is 28.8. The molecule has 2 fully saturated rings. The van der Waals surface area contributed by atoms with Gasteiger partial charge in [0.2, 0.25) is 0 Å². The van der Waals surface area contributed by atoms with Gasteiger partial charge in [0.05, 0.1) is 42.9 Å². The van der Waals surface area contributed by atoms with Crippen LogP contribution in [0, 0.1) is 18.6 Å². The Morgan fingerprint density at radius 2 is 1.73 bits per heavy atom. The quantitative estimate of drug-likeness (QED) is 0.242. The van der Waals surface area contributed by atoms with Crippen molar-refractivity contribution in [3.05, 3.63) is 99.9 Å². The summed E-state index contributed by atoms with van der Waals surface area (Å²) in [6.45, 7) is 5.33. The molecule has 3 aliphatic rings. The molecule has 0 unspecified atom stereocenters. The van der Waals surface area contributed by atoms with Crippen LogP contribution in [0.2, 0.25) is 0 Å². The molecule has 2 aromatic heterocycles. The number of ether oxygens (including phenoxy) is 1. The number of rotatable bonds is 9. The lowest BCUT2D eigenvalue weighted by atomic mass is 9.88. The van der Waals surface area contributed by atoms with Crippen molar-refractivity contribution in [2.24, 2.45) is 0 Å². The number of piperidine rings is 1. The Morgan fingerprint density at radius 1 is 1.02 bits per heavy atom. The summed E-state index contributed by atoms with van der Waals surface area (Å²) in [6.07, 6.45) is 5.20. The summed E-state index contributed by atoms with van der Waals surface area (Å²) >= 11 is 0. The zero-order chi connectivity index (χ0) is 35.9. The van der Waals surface area contributed by atoms with Crippen LogP contribution in [0.3, 0.4) is 0 Å². The summed E-state index contributed by atoms with van der Waals surface area (Å²) in [7, 11) is 3.04. The zero-order valence-corrected chi connectivity index (χ0v) is 28.8. The normalized spacial score (nSPS) is 17.1. The van der Waals surface area contributed by atoms with E-state index in [1.54, 1.807) is 24.5 Å². The van der Waals surface area contributed by atoms with E-state index in [-0.39, 0.29) is 61.1 Å². The molecular formula is C36H41F2N9O4. The van der Waals surface area contributed by atoms with Gasteiger partial charge in [0.1, 0.15) is 17.2 Å². The van der Waals surface area contributed by atoms with Gasteiger partial charge in [-0.15, -0.1) is 0 Å². The van der Waals surface area contributed by atoms with E-state index in [4.69, 9.17) is 4.74 Å². The van der Waals surface area contributed by atoms with Gasteiger partial charge in [-0.05, 0) is 62.7 Å².